The van der Waals surface area contributed by atoms with Crippen molar-refractivity contribution in [1.82, 2.24) is 10.6 Å². The van der Waals surface area contributed by atoms with E-state index in [2.05, 4.69) is 10.6 Å². The van der Waals surface area contributed by atoms with Crippen LogP contribution >= 0.6 is 0 Å². The zero-order valence-corrected chi connectivity index (χ0v) is 10.5. The van der Waals surface area contributed by atoms with E-state index in [4.69, 9.17) is 0 Å². The van der Waals surface area contributed by atoms with Crippen LogP contribution in [0.25, 0.3) is 0 Å². The highest BCUT2D eigenvalue weighted by atomic mass is 16.3. The summed E-state index contributed by atoms with van der Waals surface area (Å²) < 4.78 is 0. The lowest BCUT2D eigenvalue weighted by atomic mass is 10.0. The van der Waals surface area contributed by atoms with Crippen LogP contribution < -0.4 is 10.6 Å². The maximum absolute atomic E-state index is 11.5. The number of carbonyl (C=O) groups excluding carboxylic acids is 1. The standard InChI is InChI=1S/C13H20N2O2/c1-10(13(2,3)17)15-12(16)14-9-11-7-5-4-6-8-11/h4-8,10,17H,9H2,1-3H3,(H2,14,15,16). The summed E-state index contributed by atoms with van der Waals surface area (Å²) in [6, 6.07) is 9.09. The fourth-order valence-electron chi connectivity index (χ4n) is 1.20. The number of carbonyl (C=O) groups is 1. The summed E-state index contributed by atoms with van der Waals surface area (Å²) in [6.07, 6.45) is 0. The first kappa shape index (κ1) is 13.5. The molecule has 0 heterocycles. The molecule has 0 aromatic heterocycles. The second-order valence-corrected chi connectivity index (χ2v) is 4.69. The van der Waals surface area contributed by atoms with Crippen molar-refractivity contribution >= 4 is 6.03 Å². The van der Waals surface area contributed by atoms with Gasteiger partial charge in [0.05, 0.1) is 11.6 Å². The molecule has 1 atom stereocenters. The molecule has 4 heteroatoms. The zero-order chi connectivity index (χ0) is 12.9. The number of hydrogen-bond acceptors (Lipinski definition) is 2. The quantitative estimate of drug-likeness (QED) is 0.744. The Morgan fingerprint density at radius 3 is 2.47 bits per heavy atom. The molecule has 1 unspecified atom stereocenters. The molecule has 2 amide bonds. The van der Waals surface area contributed by atoms with Crippen LogP contribution in [0.5, 0.6) is 0 Å². The molecule has 0 aliphatic heterocycles. The predicted molar refractivity (Wildman–Crippen MR) is 67.6 cm³/mol. The van der Waals surface area contributed by atoms with Crippen LogP contribution in [0.2, 0.25) is 0 Å². The van der Waals surface area contributed by atoms with E-state index in [9.17, 15) is 9.90 Å². The summed E-state index contributed by atoms with van der Waals surface area (Å²) in [5, 5.41) is 15.1. The average Bonchev–Trinajstić information content (AvgIpc) is 2.26. The SMILES string of the molecule is CC(NC(=O)NCc1ccccc1)C(C)(C)O. The van der Waals surface area contributed by atoms with E-state index in [1.165, 1.54) is 0 Å². The molecule has 17 heavy (non-hydrogen) atoms. The smallest absolute Gasteiger partial charge is 0.315 e. The van der Waals surface area contributed by atoms with Gasteiger partial charge in [-0.1, -0.05) is 30.3 Å². The molecular formula is C13H20N2O2. The van der Waals surface area contributed by atoms with Crippen molar-refractivity contribution in [3.63, 3.8) is 0 Å². The Bertz CT molecular complexity index is 357. The average molecular weight is 236 g/mol. The summed E-state index contributed by atoms with van der Waals surface area (Å²) >= 11 is 0. The Balaban J connectivity index is 2.36. The summed E-state index contributed by atoms with van der Waals surface area (Å²) in [5.74, 6) is 0. The number of nitrogens with one attached hydrogen (secondary N) is 2. The molecule has 0 aliphatic carbocycles. The molecule has 1 aromatic rings. The number of amides is 2. The van der Waals surface area contributed by atoms with Gasteiger partial charge in [-0.3, -0.25) is 0 Å². The minimum atomic E-state index is -0.927. The first-order chi connectivity index (χ1) is 7.89. The van der Waals surface area contributed by atoms with E-state index in [1.54, 1.807) is 20.8 Å². The molecule has 0 aliphatic rings. The van der Waals surface area contributed by atoms with Crippen molar-refractivity contribution in [2.75, 3.05) is 0 Å². The van der Waals surface area contributed by atoms with Gasteiger partial charge in [-0.2, -0.15) is 0 Å². The minimum absolute atomic E-state index is 0.275. The highest BCUT2D eigenvalue weighted by molar-refractivity contribution is 5.74. The molecule has 0 saturated heterocycles. The predicted octanol–water partition coefficient (Wildman–Crippen LogP) is 1.65. The Hall–Kier alpha value is -1.55. The van der Waals surface area contributed by atoms with Gasteiger partial charge < -0.3 is 15.7 Å². The zero-order valence-electron chi connectivity index (χ0n) is 10.5. The fourth-order valence-corrected chi connectivity index (χ4v) is 1.20. The van der Waals surface area contributed by atoms with Gasteiger partial charge in [0, 0.05) is 6.54 Å². The lowest BCUT2D eigenvalue weighted by molar-refractivity contribution is 0.0478. The van der Waals surface area contributed by atoms with Gasteiger partial charge in [0.25, 0.3) is 0 Å². The second-order valence-electron chi connectivity index (χ2n) is 4.69. The van der Waals surface area contributed by atoms with Crippen molar-refractivity contribution in [1.29, 1.82) is 0 Å². The van der Waals surface area contributed by atoms with Crippen LogP contribution in [0, 0.1) is 0 Å². The number of rotatable bonds is 4. The molecule has 0 fully saturated rings. The van der Waals surface area contributed by atoms with E-state index >= 15 is 0 Å². The van der Waals surface area contributed by atoms with E-state index in [-0.39, 0.29) is 12.1 Å². The largest absolute Gasteiger partial charge is 0.388 e. The second kappa shape index (κ2) is 5.68. The van der Waals surface area contributed by atoms with E-state index < -0.39 is 5.60 Å². The van der Waals surface area contributed by atoms with Crippen LogP contribution in [-0.2, 0) is 6.54 Å². The molecule has 4 nitrogen and oxygen atoms in total. The van der Waals surface area contributed by atoms with E-state index in [0.29, 0.717) is 6.54 Å². The molecule has 1 aromatic carbocycles. The van der Waals surface area contributed by atoms with E-state index in [1.807, 2.05) is 30.3 Å². The van der Waals surface area contributed by atoms with Gasteiger partial charge in [0.1, 0.15) is 0 Å². The minimum Gasteiger partial charge on any atom is -0.388 e. The topological polar surface area (TPSA) is 61.4 Å². The Labute approximate surface area is 102 Å². The van der Waals surface area contributed by atoms with Crippen molar-refractivity contribution in [3.05, 3.63) is 35.9 Å². The van der Waals surface area contributed by atoms with Crippen molar-refractivity contribution in [3.8, 4) is 0 Å². The monoisotopic (exact) mass is 236 g/mol. The fraction of sp³-hybridized carbons (Fsp3) is 0.462. The molecule has 0 saturated carbocycles. The van der Waals surface area contributed by atoms with Gasteiger partial charge in [-0.15, -0.1) is 0 Å². The summed E-state index contributed by atoms with van der Waals surface area (Å²) in [6.45, 7) is 5.57. The highest BCUT2D eigenvalue weighted by Crippen LogP contribution is 2.07. The highest BCUT2D eigenvalue weighted by Gasteiger charge is 2.23. The maximum atomic E-state index is 11.5. The number of aliphatic hydroxyl groups is 1. The van der Waals surface area contributed by atoms with Crippen molar-refractivity contribution in [2.24, 2.45) is 0 Å². The third-order valence-electron chi connectivity index (χ3n) is 2.70. The first-order valence-corrected chi connectivity index (χ1v) is 5.70. The number of benzene rings is 1. The van der Waals surface area contributed by atoms with Gasteiger partial charge >= 0.3 is 6.03 Å². The molecule has 94 valence electrons. The molecular weight excluding hydrogens is 216 g/mol. The third-order valence-corrected chi connectivity index (χ3v) is 2.70. The Morgan fingerprint density at radius 1 is 1.35 bits per heavy atom. The maximum Gasteiger partial charge on any atom is 0.315 e. The lowest BCUT2D eigenvalue weighted by Crippen LogP contribution is -2.50. The summed E-state index contributed by atoms with van der Waals surface area (Å²) in [4.78, 5) is 11.5. The molecule has 1 rings (SSSR count). The molecule has 0 bridgehead atoms. The summed E-state index contributed by atoms with van der Waals surface area (Å²) in [5.41, 5.74) is 0.114. The van der Waals surface area contributed by atoms with Crippen LogP contribution in [0.1, 0.15) is 26.3 Å². The van der Waals surface area contributed by atoms with Crippen molar-refractivity contribution in [2.45, 2.75) is 39.0 Å². The van der Waals surface area contributed by atoms with Crippen molar-refractivity contribution < 1.29 is 9.90 Å². The normalized spacial score (nSPS) is 12.9. The number of urea groups is 1. The van der Waals surface area contributed by atoms with E-state index in [0.717, 1.165) is 5.56 Å². The van der Waals surface area contributed by atoms with Gasteiger partial charge in [0.2, 0.25) is 0 Å². The lowest BCUT2D eigenvalue weighted by Gasteiger charge is -2.26. The number of hydrogen-bond donors (Lipinski definition) is 3. The van der Waals surface area contributed by atoms with Crippen LogP contribution in [0.15, 0.2) is 30.3 Å². The molecule has 3 N–H and O–H groups in total. The Kier molecular flexibility index (Phi) is 4.52. The Morgan fingerprint density at radius 2 is 1.94 bits per heavy atom. The van der Waals surface area contributed by atoms with Gasteiger partial charge in [0.15, 0.2) is 0 Å². The van der Waals surface area contributed by atoms with Gasteiger partial charge in [-0.05, 0) is 26.3 Å². The molecule has 0 spiro atoms. The molecule has 0 radical (unpaired) electrons. The third kappa shape index (κ3) is 4.87. The van der Waals surface area contributed by atoms with Gasteiger partial charge in [-0.25, -0.2) is 4.79 Å². The van der Waals surface area contributed by atoms with Crippen LogP contribution in [0.3, 0.4) is 0 Å². The first-order valence-electron chi connectivity index (χ1n) is 5.70. The van der Waals surface area contributed by atoms with Crippen LogP contribution in [0.4, 0.5) is 4.79 Å². The summed E-state index contributed by atoms with van der Waals surface area (Å²) in [7, 11) is 0. The van der Waals surface area contributed by atoms with Crippen LogP contribution in [-0.4, -0.2) is 22.8 Å².